The molecule has 1 heterocycles. The molecule has 0 aliphatic carbocycles. The number of nitro groups is 1. The predicted molar refractivity (Wildman–Crippen MR) is 131 cm³/mol. The minimum absolute atomic E-state index is 0.0656. The molecule has 0 bridgehead atoms. The zero-order valence-electron chi connectivity index (χ0n) is 17.6. The molecule has 0 spiro atoms. The highest BCUT2D eigenvalue weighted by Gasteiger charge is 2.34. The van der Waals surface area contributed by atoms with Crippen LogP contribution in [0.4, 0.5) is 24.5 Å². The van der Waals surface area contributed by atoms with Gasteiger partial charge in [-0.05, 0) is 47.7 Å². The number of aromatic nitrogens is 2. The summed E-state index contributed by atoms with van der Waals surface area (Å²) in [6.07, 6.45) is -3.24. The Balaban J connectivity index is 1.69. The number of hydrogen-bond donors (Lipinski definition) is 0. The van der Waals surface area contributed by atoms with Crippen LogP contribution in [-0.4, -0.2) is 21.1 Å². The van der Waals surface area contributed by atoms with Gasteiger partial charge in [0.2, 0.25) is 0 Å². The van der Waals surface area contributed by atoms with Gasteiger partial charge in [-0.1, -0.05) is 58.4 Å². The molecule has 0 saturated heterocycles. The van der Waals surface area contributed by atoms with Crippen LogP contribution in [0.25, 0.3) is 11.3 Å². The number of aliphatic imine (C=N–C) groups is 1. The van der Waals surface area contributed by atoms with Gasteiger partial charge in [0, 0.05) is 22.3 Å². The predicted octanol–water partition coefficient (Wildman–Crippen LogP) is 7.73. The van der Waals surface area contributed by atoms with Crippen LogP contribution in [0.1, 0.15) is 11.3 Å². The molecule has 35 heavy (non-hydrogen) atoms. The second kappa shape index (κ2) is 10.4. The normalized spacial score (nSPS) is 11.7. The summed E-state index contributed by atoms with van der Waals surface area (Å²) in [5.74, 6) is 0. The zero-order chi connectivity index (χ0) is 25.0. The van der Waals surface area contributed by atoms with Gasteiger partial charge < -0.3 is 0 Å². The Bertz CT molecular complexity index is 1420. The van der Waals surface area contributed by atoms with Gasteiger partial charge in [0.25, 0.3) is 5.69 Å². The molecule has 0 unspecified atom stereocenters. The average molecular weight is 559 g/mol. The summed E-state index contributed by atoms with van der Waals surface area (Å²) >= 11 is 4.04. The second-order valence-corrected chi connectivity index (χ2v) is 9.03. The molecular weight excluding hydrogens is 545 g/mol. The molecule has 0 radical (unpaired) electrons. The van der Waals surface area contributed by atoms with E-state index in [4.69, 9.17) is 0 Å². The van der Waals surface area contributed by atoms with Crippen molar-refractivity contribution in [1.82, 2.24) is 9.97 Å². The number of halogens is 4. The van der Waals surface area contributed by atoms with E-state index in [1.165, 1.54) is 18.3 Å². The first-order valence-electron chi connectivity index (χ1n) is 9.97. The van der Waals surface area contributed by atoms with E-state index >= 15 is 0 Å². The van der Waals surface area contributed by atoms with E-state index in [1.807, 2.05) is 6.07 Å². The Morgan fingerprint density at radius 3 is 2.43 bits per heavy atom. The lowest BCUT2D eigenvalue weighted by atomic mass is 10.1. The van der Waals surface area contributed by atoms with Gasteiger partial charge in [0.1, 0.15) is 5.69 Å². The summed E-state index contributed by atoms with van der Waals surface area (Å²) in [6, 6.07) is 20.7. The molecule has 3 aromatic carbocycles. The first kappa shape index (κ1) is 24.6. The first-order chi connectivity index (χ1) is 16.7. The summed E-state index contributed by atoms with van der Waals surface area (Å²) in [7, 11) is 0. The van der Waals surface area contributed by atoms with Gasteiger partial charge >= 0.3 is 6.18 Å². The lowest BCUT2D eigenvalue weighted by Crippen LogP contribution is -2.10. The zero-order valence-corrected chi connectivity index (χ0v) is 20.0. The third kappa shape index (κ3) is 6.31. The van der Waals surface area contributed by atoms with Crippen molar-refractivity contribution in [3.8, 4) is 11.3 Å². The fourth-order valence-corrected chi connectivity index (χ4v) is 4.27. The van der Waals surface area contributed by atoms with E-state index in [9.17, 15) is 23.3 Å². The summed E-state index contributed by atoms with van der Waals surface area (Å²) in [4.78, 5) is 23.3. The van der Waals surface area contributed by atoms with Crippen LogP contribution in [0.5, 0.6) is 0 Å². The smallest absolute Gasteiger partial charge is 0.258 e. The highest BCUT2D eigenvalue weighted by atomic mass is 79.9. The highest BCUT2D eigenvalue weighted by molar-refractivity contribution is 9.10. The molecule has 0 fully saturated rings. The van der Waals surface area contributed by atoms with Crippen molar-refractivity contribution >= 4 is 45.3 Å². The van der Waals surface area contributed by atoms with Crippen LogP contribution in [0.2, 0.25) is 0 Å². The number of alkyl halides is 3. The molecule has 1 aromatic heterocycles. The Labute approximate surface area is 210 Å². The van der Waals surface area contributed by atoms with E-state index in [0.717, 1.165) is 10.5 Å². The maximum Gasteiger partial charge on any atom is 0.433 e. The Morgan fingerprint density at radius 2 is 1.74 bits per heavy atom. The van der Waals surface area contributed by atoms with Crippen molar-refractivity contribution in [2.75, 3.05) is 0 Å². The van der Waals surface area contributed by atoms with Crippen molar-refractivity contribution in [3.05, 3.63) is 105 Å². The summed E-state index contributed by atoms with van der Waals surface area (Å²) in [5, 5.41) is 11.5. The number of rotatable bonds is 6. The van der Waals surface area contributed by atoms with Gasteiger partial charge in [0.15, 0.2) is 5.16 Å². The van der Waals surface area contributed by atoms with Crippen molar-refractivity contribution in [3.63, 3.8) is 0 Å². The molecule has 0 aliphatic rings. The van der Waals surface area contributed by atoms with Crippen LogP contribution in [0, 0.1) is 10.1 Å². The van der Waals surface area contributed by atoms with E-state index in [-0.39, 0.29) is 21.4 Å². The summed E-state index contributed by atoms with van der Waals surface area (Å²) in [6.45, 7) is 0. The van der Waals surface area contributed by atoms with Crippen LogP contribution < -0.4 is 0 Å². The third-order valence-corrected chi connectivity index (χ3v) is 6.04. The van der Waals surface area contributed by atoms with Crippen molar-refractivity contribution in [2.24, 2.45) is 4.99 Å². The van der Waals surface area contributed by atoms with Gasteiger partial charge in [0.05, 0.1) is 21.2 Å². The molecule has 0 saturated carbocycles. The molecule has 4 aromatic rings. The van der Waals surface area contributed by atoms with Gasteiger partial charge in [-0.15, -0.1) is 0 Å². The van der Waals surface area contributed by atoms with Crippen molar-refractivity contribution < 1.29 is 18.1 Å². The number of nitrogens with zero attached hydrogens (tertiary/aromatic N) is 4. The van der Waals surface area contributed by atoms with Crippen molar-refractivity contribution in [2.45, 2.75) is 16.2 Å². The third-order valence-electron chi connectivity index (χ3n) is 4.62. The number of hydrogen-bond acceptors (Lipinski definition) is 6. The maximum atomic E-state index is 13.5. The van der Waals surface area contributed by atoms with E-state index in [1.54, 1.807) is 54.6 Å². The topological polar surface area (TPSA) is 81.3 Å². The standard InChI is InChI=1S/C24H14BrF3N4O2S/c25-17-7-4-8-18(12-17)29-14-15-9-10-21(20(11-15)32(33)34)35-23-30-19(16-5-2-1-3-6-16)13-22(31-23)24(26,27)28/h1-14H. The molecule has 0 atom stereocenters. The molecule has 11 heteroatoms. The van der Waals surface area contributed by atoms with E-state index in [0.29, 0.717) is 28.6 Å². The summed E-state index contributed by atoms with van der Waals surface area (Å²) < 4.78 is 41.3. The van der Waals surface area contributed by atoms with Gasteiger partial charge in [-0.2, -0.15) is 13.2 Å². The fraction of sp³-hybridized carbons (Fsp3) is 0.0417. The van der Waals surface area contributed by atoms with E-state index < -0.39 is 16.8 Å². The van der Waals surface area contributed by atoms with Crippen molar-refractivity contribution in [1.29, 1.82) is 0 Å². The second-order valence-electron chi connectivity index (χ2n) is 7.11. The van der Waals surface area contributed by atoms with Crippen LogP contribution >= 0.6 is 27.7 Å². The van der Waals surface area contributed by atoms with E-state index in [2.05, 4.69) is 30.9 Å². The monoisotopic (exact) mass is 558 g/mol. The quantitative estimate of drug-likeness (QED) is 0.105. The molecule has 176 valence electrons. The number of nitro benzene ring substituents is 1. The Hall–Kier alpha value is -3.57. The largest absolute Gasteiger partial charge is 0.433 e. The molecule has 4 rings (SSSR count). The highest BCUT2D eigenvalue weighted by Crippen LogP contribution is 2.37. The van der Waals surface area contributed by atoms with Gasteiger partial charge in [-0.25, -0.2) is 9.97 Å². The van der Waals surface area contributed by atoms with Crippen LogP contribution in [-0.2, 0) is 6.18 Å². The lowest BCUT2D eigenvalue weighted by molar-refractivity contribution is -0.387. The van der Waals surface area contributed by atoms with Crippen LogP contribution in [0.15, 0.2) is 98.4 Å². The summed E-state index contributed by atoms with van der Waals surface area (Å²) in [5.41, 5.74) is 0.207. The molecular formula is C24H14BrF3N4O2S. The Kier molecular flexibility index (Phi) is 7.27. The first-order valence-corrected chi connectivity index (χ1v) is 11.6. The van der Waals surface area contributed by atoms with Gasteiger partial charge in [-0.3, -0.25) is 15.1 Å². The lowest BCUT2D eigenvalue weighted by Gasteiger charge is -2.11. The number of benzene rings is 3. The SMILES string of the molecule is O=[N+]([O-])c1cc(C=Nc2cccc(Br)c2)ccc1Sc1nc(-c2ccccc2)cc(C(F)(F)F)n1. The molecule has 0 aliphatic heterocycles. The molecule has 0 amide bonds. The Morgan fingerprint density at radius 1 is 0.971 bits per heavy atom. The minimum atomic E-state index is -4.71. The maximum absolute atomic E-state index is 13.5. The average Bonchev–Trinajstić information content (AvgIpc) is 2.83. The van der Waals surface area contributed by atoms with Crippen LogP contribution in [0.3, 0.4) is 0 Å². The molecule has 6 nitrogen and oxygen atoms in total. The molecule has 0 N–H and O–H groups in total. The fourth-order valence-electron chi connectivity index (χ4n) is 3.02. The minimum Gasteiger partial charge on any atom is -0.258 e.